The molecule has 0 aromatic carbocycles. The van der Waals surface area contributed by atoms with Crippen molar-refractivity contribution in [2.24, 2.45) is 5.73 Å². The van der Waals surface area contributed by atoms with Crippen LogP contribution in [-0.2, 0) is 0 Å². The van der Waals surface area contributed by atoms with Gasteiger partial charge in [-0.25, -0.2) is 4.98 Å². The van der Waals surface area contributed by atoms with Crippen LogP contribution in [0, 0.1) is 0 Å². The molecule has 0 bridgehead atoms. The van der Waals surface area contributed by atoms with Crippen LogP contribution in [0.5, 0.6) is 0 Å². The summed E-state index contributed by atoms with van der Waals surface area (Å²) in [7, 11) is 0. The Morgan fingerprint density at radius 2 is 2.41 bits per heavy atom. The molecule has 1 aliphatic carbocycles. The first kappa shape index (κ1) is 13.3. The second-order valence-corrected chi connectivity index (χ2v) is 6.91. The molecule has 94 valence electrons. The number of hydrogen-bond acceptors (Lipinski definition) is 4. The number of rotatable bonds is 3. The third kappa shape index (κ3) is 3.68. The standard InChI is InChI=1S/C12H17BrN2OS/c13-9-3-4-11(15-7-9)17-10-2-1-5-12(14,6-10)8-16/h3-4,7,10,16H,1-2,5-6,8,14H2. The molecule has 17 heavy (non-hydrogen) atoms. The van der Waals surface area contributed by atoms with Crippen LogP contribution in [0.4, 0.5) is 0 Å². The number of aromatic nitrogens is 1. The number of thioether (sulfide) groups is 1. The molecule has 0 radical (unpaired) electrons. The van der Waals surface area contributed by atoms with Crippen molar-refractivity contribution < 1.29 is 5.11 Å². The summed E-state index contributed by atoms with van der Waals surface area (Å²) in [5, 5.41) is 10.8. The SMILES string of the molecule is NC1(CO)CCCC(Sc2ccc(Br)cn2)C1. The van der Waals surface area contributed by atoms with Crippen LogP contribution < -0.4 is 5.73 Å². The summed E-state index contributed by atoms with van der Waals surface area (Å²) in [6.45, 7) is 0.0812. The van der Waals surface area contributed by atoms with Crippen molar-refractivity contribution in [1.29, 1.82) is 0 Å². The predicted molar refractivity (Wildman–Crippen MR) is 74.1 cm³/mol. The predicted octanol–water partition coefficient (Wildman–Crippen LogP) is 2.57. The normalized spacial score (nSPS) is 29.2. The molecule has 1 saturated carbocycles. The number of nitrogens with zero attached hydrogens (tertiary/aromatic N) is 1. The molecule has 2 atom stereocenters. The number of aliphatic hydroxyl groups excluding tert-OH is 1. The molecule has 2 unspecified atom stereocenters. The van der Waals surface area contributed by atoms with Crippen molar-refractivity contribution in [1.82, 2.24) is 4.98 Å². The van der Waals surface area contributed by atoms with Gasteiger partial charge in [0.15, 0.2) is 0 Å². The zero-order valence-corrected chi connectivity index (χ0v) is 12.0. The fourth-order valence-corrected chi connectivity index (χ4v) is 3.72. The summed E-state index contributed by atoms with van der Waals surface area (Å²) in [4.78, 5) is 4.36. The highest BCUT2D eigenvalue weighted by Crippen LogP contribution is 2.36. The average molecular weight is 317 g/mol. The van der Waals surface area contributed by atoms with E-state index in [0.29, 0.717) is 5.25 Å². The molecule has 1 aromatic heterocycles. The van der Waals surface area contributed by atoms with Crippen LogP contribution in [0.1, 0.15) is 25.7 Å². The minimum absolute atomic E-state index is 0.0812. The van der Waals surface area contributed by atoms with Gasteiger partial charge in [-0.3, -0.25) is 0 Å². The van der Waals surface area contributed by atoms with Gasteiger partial charge in [0.1, 0.15) is 0 Å². The molecule has 3 N–H and O–H groups in total. The third-order valence-electron chi connectivity index (χ3n) is 3.14. The lowest BCUT2D eigenvalue weighted by Crippen LogP contribution is -2.48. The molecule has 1 heterocycles. The molecule has 0 saturated heterocycles. The Kier molecular flexibility index (Phi) is 4.47. The quantitative estimate of drug-likeness (QED) is 0.899. The van der Waals surface area contributed by atoms with Crippen molar-refractivity contribution in [2.45, 2.75) is 41.5 Å². The smallest absolute Gasteiger partial charge is 0.0963 e. The van der Waals surface area contributed by atoms with Gasteiger partial charge in [0.05, 0.1) is 11.6 Å². The molecule has 0 spiro atoms. The Bertz CT molecular complexity index is 373. The van der Waals surface area contributed by atoms with E-state index >= 15 is 0 Å². The summed E-state index contributed by atoms with van der Waals surface area (Å²) < 4.78 is 0.994. The van der Waals surface area contributed by atoms with Crippen LogP contribution in [0.15, 0.2) is 27.8 Å². The lowest BCUT2D eigenvalue weighted by molar-refractivity contribution is 0.159. The second kappa shape index (κ2) is 5.69. The van der Waals surface area contributed by atoms with E-state index < -0.39 is 0 Å². The van der Waals surface area contributed by atoms with Gasteiger partial charge in [-0.05, 0) is 47.3 Å². The zero-order chi connectivity index (χ0) is 12.3. The van der Waals surface area contributed by atoms with Gasteiger partial charge in [0, 0.05) is 21.5 Å². The molecule has 0 amide bonds. The van der Waals surface area contributed by atoms with E-state index in [1.54, 1.807) is 11.8 Å². The van der Waals surface area contributed by atoms with Gasteiger partial charge >= 0.3 is 0 Å². The first-order valence-electron chi connectivity index (χ1n) is 5.79. The maximum absolute atomic E-state index is 9.31. The highest BCUT2D eigenvalue weighted by Gasteiger charge is 2.32. The van der Waals surface area contributed by atoms with Crippen LogP contribution in [0.25, 0.3) is 0 Å². The summed E-state index contributed by atoms with van der Waals surface area (Å²) in [6.07, 6.45) is 5.85. The molecule has 1 aromatic rings. The van der Waals surface area contributed by atoms with Crippen LogP contribution in [0.3, 0.4) is 0 Å². The maximum atomic E-state index is 9.31. The van der Waals surface area contributed by atoms with Crippen molar-refractivity contribution in [3.63, 3.8) is 0 Å². The van der Waals surface area contributed by atoms with Gasteiger partial charge in [0.25, 0.3) is 0 Å². The maximum Gasteiger partial charge on any atom is 0.0963 e. The van der Waals surface area contributed by atoms with E-state index in [1.165, 1.54) is 0 Å². The van der Waals surface area contributed by atoms with Gasteiger partial charge in [0.2, 0.25) is 0 Å². The Balaban J connectivity index is 1.97. The van der Waals surface area contributed by atoms with Crippen molar-refractivity contribution in [2.75, 3.05) is 6.61 Å². The van der Waals surface area contributed by atoms with Gasteiger partial charge in [-0.15, -0.1) is 11.8 Å². The summed E-state index contributed by atoms with van der Waals surface area (Å²) in [5.41, 5.74) is 5.75. The van der Waals surface area contributed by atoms with Crippen molar-refractivity contribution in [3.8, 4) is 0 Å². The highest BCUT2D eigenvalue weighted by atomic mass is 79.9. The van der Waals surface area contributed by atoms with Crippen LogP contribution >= 0.6 is 27.7 Å². The fourth-order valence-electron chi connectivity index (χ4n) is 2.19. The number of nitrogens with two attached hydrogens (primary N) is 1. The molecular formula is C12H17BrN2OS. The first-order chi connectivity index (χ1) is 8.11. The first-order valence-corrected chi connectivity index (χ1v) is 7.46. The minimum Gasteiger partial charge on any atom is -0.394 e. The molecular weight excluding hydrogens is 300 g/mol. The Hall–Kier alpha value is -0.100. The van der Waals surface area contributed by atoms with E-state index in [2.05, 4.69) is 20.9 Å². The number of aliphatic hydroxyl groups is 1. The molecule has 3 nitrogen and oxygen atoms in total. The third-order valence-corrected chi connectivity index (χ3v) is 4.83. The zero-order valence-electron chi connectivity index (χ0n) is 9.60. The van der Waals surface area contributed by atoms with Crippen molar-refractivity contribution in [3.05, 3.63) is 22.8 Å². The Labute approximate surface area is 114 Å². The number of hydrogen-bond donors (Lipinski definition) is 2. The van der Waals surface area contributed by atoms with Crippen molar-refractivity contribution >= 4 is 27.7 Å². The lowest BCUT2D eigenvalue weighted by atomic mass is 9.83. The van der Waals surface area contributed by atoms with E-state index in [1.807, 2.05) is 18.3 Å². The highest BCUT2D eigenvalue weighted by molar-refractivity contribution is 9.10. The summed E-state index contributed by atoms with van der Waals surface area (Å²) >= 11 is 5.14. The molecule has 1 fully saturated rings. The monoisotopic (exact) mass is 316 g/mol. The molecule has 1 aliphatic rings. The molecule has 0 aliphatic heterocycles. The van der Waals surface area contributed by atoms with Gasteiger partial charge in [-0.1, -0.05) is 6.42 Å². The molecule has 5 heteroatoms. The Morgan fingerprint density at radius 1 is 1.59 bits per heavy atom. The number of pyridine rings is 1. The summed E-state index contributed by atoms with van der Waals surface area (Å²) in [6, 6.07) is 4.01. The van der Waals surface area contributed by atoms with Gasteiger partial charge < -0.3 is 10.8 Å². The van der Waals surface area contributed by atoms with E-state index in [-0.39, 0.29) is 12.1 Å². The average Bonchev–Trinajstić information content (AvgIpc) is 2.32. The summed E-state index contributed by atoms with van der Waals surface area (Å²) in [5.74, 6) is 0. The lowest BCUT2D eigenvalue weighted by Gasteiger charge is -2.36. The van der Waals surface area contributed by atoms with Crippen LogP contribution in [-0.4, -0.2) is 27.5 Å². The fraction of sp³-hybridized carbons (Fsp3) is 0.583. The molecule has 2 rings (SSSR count). The largest absolute Gasteiger partial charge is 0.394 e. The second-order valence-electron chi connectivity index (χ2n) is 4.67. The van der Waals surface area contributed by atoms with E-state index in [9.17, 15) is 5.11 Å². The van der Waals surface area contributed by atoms with E-state index in [4.69, 9.17) is 5.73 Å². The van der Waals surface area contributed by atoms with Crippen LogP contribution in [0.2, 0.25) is 0 Å². The van der Waals surface area contributed by atoms with Gasteiger partial charge in [-0.2, -0.15) is 0 Å². The van der Waals surface area contributed by atoms with E-state index in [0.717, 1.165) is 35.2 Å². The Morgan fingerprint density at radius 3 is 3.06 bits per heavy atom. The topological polar surface area (TPSA) is 59.1 Å². The minimum atomic E-state index is -0.384. The number of halogens is 1.